The van der Waals surface area contributed by atoms with Gasteiger partial charge in [-0.2, -0.15) is 10.2 Å². The molecule has 0 heterocycles. The molecule has 8 nitrogen and oxygen atoms in total. The smallest absolute Gasteiger partial charge is 0.240 e. The van der Waals surface area contributed by atoms with Crippen molar-refractivity contribution in [3.63, 3.8) is 0 Å². The molecule has 0 saturated carbocycles. The van der Waals surface area contributed by atoms with Gasteiger partial charge >= 0.3 is 0 Å². The van der Waals surface area contributed by atoms with Crippen LogP contribution in [0, 0.1) is 0 Å². The summed E-state index contributed by atoms with van der Waals surface area (Å²) in [5.41, 5.74) is 9.13. The Morgan fingerprint density at radius 3 is 1.29 bits per heavy atom. The van der Waals surface area contributed by atoms with Gasteiger partial charge in [-0.05, 0) is 83.6 Å². The standard InChI is InChI=1S/C37H40N4O4/c42-36(40-38-26-30-18-22-34(23-19-30)44-28-32-12-6-4-7-13-32)16-10-2-1-3-11-17-37(43)41-39-27-31-20-24-35(25-21-31)45-29-33-14-8-5-9-15-33/h4-9,12-15,18-27H,1-3,10-11,16-17,28-29H2,(H,40,42)(H,41,43). The van der Waals surface area contributed by atoms with E-state index in [1.165, 1.54) is 0 Å². The van der Waals surface area contributed by atoms with Crippen LogP contribution in [0.15, 0.2) is 119 Å². The number of rotatable bonds is 18. The number of nitrogens with zero attached hydrogens (tertiary/aromatic N) is 2. The quantitative estimate of drug-likeness (QED) is 0.0714. The molecule has 0 aliphatic rings. The van der Waals surface area contributed by atoms with Crippen molar-refractivity contribution in [1.82, 2.24) is 10.9 Å². The molecule has 0 aliphatic heterocycles. The second kappa shape index (κ2) is 19.1. The Morgan fingerprint density at radius 2 is 0.889 bits per heavy atom. The van der Waals surface area contributed by atoms with Crippen molar-refractivity contribution in [2.75, 3.05) is 0 Å². The van der Waals surface area contributed by atoms with Gasteiger partial charge in [0.15, 0.2) is 0 Å². The highest BCUT2D eigenvalue weighted by molar-refractivity contribution is 5.83. The van der Waals surface area contributed by atoms with Gasteiger partial charge in [0, 0.05) is 12.8 Å². The summed E-state index contributed by atoms with van der Waals surface area (Å²) >= 11 is 0. The maximum atomic E-state index is 12.1. The Balaban J connectivity index is 0.987. The molecule has 0 spiro atoms. The van der Waals surface area contributed by atoms with Crippen LogP contribution in [0.2, 0.25) is 0 Å². The van der Waals surface area contributed by atoms with Crippen LogP contribution in [-0.4, -0.2) is 24.2 Å². The molecule has 8 heteroatoms. The summed E-state index contributed by atoms with van der Waals surface area (Å²) < 4.78 is 11.6. The van der Waals surface area contributed by atoms with Crippen molar-refractivity contribution in [3.8, 4) is 11.5 Å². The predicted molar refractivity (Wildman–Crippen MR) is 178 cm³/mol. The second-order valence-electron chi connectivity index (χ2n) is 10.5. The summed E-state index contributed by atoms with van der Waals surface area (Å²) in [5.74, 6) is 1.33. The number of amides is 2. The van der Waals surface area contributed by atoms with E-state index in [1.807, 2.05) is 109 Å². The molecular formula is C37H40N4O4. The third-order valence-corrected chi connectivity index (χ3v) is 6.87. The molecule has 0 bridgehead atoms. The fourth-order valence-corrected chi connectivity index (χ4v) is 4.35. The number of hydrazone groups is 2. The van der Waals surface area contributed by atoms with E-state index in [0.29, 0.717) is 26.1 Å². The summed E-state index contributed by atoms with van der Waals surface area (Å²) in [7, 11) is 0. The first-order chi connectivity index (χ1) is 22.1. The topological polar surface area (TPSA) is 101 Å². The van der Waals surface area contributed by atoms with Gasteiger partial charge in [0.1, 0.15) is 24.7 Å². The van der Waals surface area contributed by atoms with E-state index in [1.54, 1.807) is 12.4 Å². The number of ether oxygens (including phenoxy) is 2. The van der Waals surface area contributed by atoms with Crippen LogP contribution >= 0.6 is 0 Å². The first-order valence-electron chi connectivity index (χ1n) is 15.3. The average Bonchev–Trinajstić information content (AvgIpc) is 3.08. The summed E-state index contributed by atoms with van der Waals surface area (Å²) in [6.07, 6.45) is 8.43. The molecule has 0 atom stereocenters. The third-order valence-electron chi connectivity index (χ3n) is 6.87. The highest BCUT2D eigenvalue weighted by Gasteiger charge is 2.02. The Morgan fingerprint density at radius 1 is 0.511 bits per heavy atom. The lowest BCUT2D eigenvalue weighted by atomic mass is 10.1. The number of hydrogen-bond acceptors (Lipinski definition) is 6. The molecule has 0 aromatic heterocycles. The molecule has 0 radical (unpaired) electrons. The monoisotopic (exact) mass is 604 g/mol. The van der Waals surface area contributed by atoms with Crippen LogP contribution < -0.4 is 20.3 Å². The Bertz CT molecular complexity index is 1370. The van der Waals surface area contributed by atoms with Crippen molar-refractivity contribution in [1.29, 1.82) is 0 Å². The lowest BCUT2D eigenvalue weighted by Gasteiger charge is -2.06. The van der Waals surface area contributed by atoms with E-state index in [4.69, 9.17) is 9.47 Å². The van der Waals surface area contributed by atoms with E-state index in [-0.39, 0.29) is 11.8 Å². The summed E-state index contributed by atoms with van der Waals surface area (Å²) in [6.45, 7) is 1.02. The number of carbonyl (C=O) groups is 2. The van der Waals surface area contributed by atoms with Crippen LogP contribution in [0.5, 0.6) is 11.5 Å². The molecule has 4 aromatic carbocycles. The molecule has 0 fully saturated rings. The lowest BCUT2D eigenvalue weighted by Crippen LogP contribution is -2.17. The molecule has 2 amide bonds. The van der Waals surface area contributed by atoms with E-state index in [2.05, 4.69) is 21.1 Å². The Kier molecular flexibility index (Phi) is 13.9. The summed E-state index contributed by atoms with van der Waals surface area (Å²) in [4.78, 5) is 24.1. The van der Waals surface area contributed by atoms with Crippen molar-refractivity contribution >= 4 is 24.2 Å². The van der Waals surface area contributed by atoms with Crippen LogP contribution in [0.4, 0.5) is 0 Å². The van der Waals surface area contributed by atoms with Crippen LogP contribution in [0.25, 0.3) is 0 Å². The molecule has 2 N–H and O–H groups in total. The largest absolute Gasteiger partial charge is 0.489 e. The van der Waals surface area contributed by atoms with Gasteiger partial charge in [0.25, 0.3) is 0 Å². The molecule has 0 unspecified atom stereocenters. The van der Waals surface area contributed by atoms with Crippen molar-refractivity contribution in [2.24, 2.45) is 10.2 Å². The first kappa shape index (κ1) is 32.7. The highest BCUT2D eigenvalue weighted by Crippen LogP contribution is 2.15. The van der Waals surface area contributed by atoms with Gasteiger partial charge in [-0.3, -0.25) is 9.59 Å². The normalized spacial score (nSPS) is 11.0. The van der Waals surface area contributed by atoms with Crippen molar-refractivity contribution < 1.29 is 19.1 Å². The van der Waals surface area contributed by atoms with E-state index < -0.39 is 0 Å². The molecule has 0 saturated heterocycles. The molecular weight excluding hydrogens is 564 g/mol. The zero-order chi connectivity index (χ0) is 31.4. The number of unbranched alkanes of at least 4 members (excludes halogenated alkanes) is 4. The van der Waals surface area contributed by atoms with Crippen molar-refractivity contribution in [3.05, 3.63) is 131 Å². The second-order valence-corrected chi connectivity index (χ2v) is 10.5. The minimum atomic E-state index is -0.111. The van der Waals surface area contributed by atoms with Crippen LogP contribution in [0.3, 0.4) is 0 Å². The predicted octanol–water partition coefficient (Wildman–Crippen LogP) is 7.18. The highest BCUT2D eigenvalue weighted by atomic mass is 16.5. The minimum absolute atomic E-state index is 0.111. The van der Waals surface area contributed by atoms with Gasteiger partial charge in [0.2, 0.25) is 11.8 Å². The van der Waals surface area contributed by atoms with E-state index in [9.17, 15) is 9.59 Å². The van der Waals surface area contributed by atoms with Gasteiger partial charge in [-0.25, -0.2) is 10.9 Å². The first-order valence-corrected chi connectivity index (χ1v) is 15.3. The van der Waals surface area contributed by atoms with E-state index in [0.717, 1.165) is 65.9 Å². The fourth-order valence-electron chi connectivity index (χ4n) is 4.35. The van der Waals surface area contributed by atoms with E-state index >= 15 is 0 Å². The third kappa shape index (κ3) is 13.3. The number of hydrogen-bond donors (Lipinski definition) is 2. The van der Waals surface area contributed by atoms with Crippen LogP contribution in [-0.2, 0) is 22.8 Å². The number of benzene rings is 4. The Hall–Kier alpha value is -5.24. The number of carbonyl (C=O) groups excluding carboxylic acids is 2. The van der Waals surface area contributed by atoms with Gasteiger partial charge in [-0.1, -0.05) is 79.9 Å². The SMILES string of the molecule is O=C(CCCCCCCC(=O)NN=Cc1ccc(OCc2ccccc2)cc1)NN=Cc1ccc(OCc2ccccc2)cc1. The molecule has 4 rings (SSSR count). The molecule has 4 aromatic rings. The van der Waals surface area contributed by atoms with Crippen LogP contribution in [0.1, 0.15) is 67.2 Å². The molecule has 232 valence electrons. The zero-order valence-electron chi connectivity index (χ0n) is 25.4. The lowest BCUT2D eigenvalue weighted by molar-refractivity contribution is -0.121. The Labute approximate surface area is 265 Å². The number of nitrogens with one attached hydrogen (secondary N) is 2. The minimum Gasteiger partial charge on any atom is -0.489 e. The van der Waals surface area contributed by atoms with Gasteiger partial charge < -0.3 is 9.47 Å². The summed E-state index contributed by atoms with van der Waals surface area (Å²) in [6, 6.07) is 35.1. The zero-order valence-corrected chi connectivity index (χ0v) is 25.4. The molecule has 45 heavy (non-hydrogen) atoms. The fraction of sp³-hybridized carbons (Fsp3) is 0.243. The average molecular weight is 605 g/mol. The van der Waals surface area contributed by atoms with Crippen molar-refractivity contribution in [2.45, 2.75) is 58.2 Å². The summed E-state index contributed by atoms with van der Waals surface area (Å²) in [5, 5.41) is 8.10. The van der Waals surface area contributed by atoms with Gasteiger partial charge in [-0.15, -0.1) is 0 Å². The molecule has 0 aliphatic carbocycles. The maximum absolute atomic E-state index is 12.1. The van der Waals surface area contributed by atoms with Gasteiger partial charge in [0.05, 0.1) is 12.4 Å². The maximum Gasteiger partial charge on any atom is 0.240 e.